The molecule has 0 fully saturated rings. The molecule has 4 rings (SSSR count). The third-order valence-electron chi connectivity index (χ3n) is 6.04. The van der Waals surface area contributed by atoms with E-state index in [-0.39, 0.29) is 23.0 Å². The predicted molar refractivity (Wildman–Crippen MR) is 169 cm³/mol. The first-order chi connectivity index (χ1) is 23.4. The molecule has 49 heavy (non-hydrogen) atoms. The minimum absolute atomic E-state index is 0.188. The van der Waals surface area contributed by atoms with Gasteiger partial charge in [-0.1, -0.05) is 0 Å². The number of hydrogen-bond donors (Lipinski definition) is 2. The molecular formula is C29H20N8O12. The second-order valence-corrected chi connectivity index (χ2v) is 9.44. The Kier molecular flexibility index (Phi) is 10.9. The summed E-state index contributed by atoms with van der Waals surface area (Å²) in [7, 11) is 0. The van der Waals surface area contributed by atoms with Gasteiger partial charge in [0.2, 0.25) is 23.3 Å². The number of ether oxygens (including phenoxy) is 2. The molecule has 0 heterocycles. The summed E-state index contributed by atoms with van der Waals surface area (Å²) in [6, 6.07) is 17.8. The van der Waals surface area contributed by atoms with Gasteiger partial charge in [0.15, 0.2) is 0 Å². The van der Waals surface area contributed by atoms with E-state index in [9.17, 15) is 50.0 Å². The Bertz CT molecular complexity index is 1850. The second-order valence-electron chi connectivity index (χ2n) is 9.44. The number of nitro groups is 4. The molecular weight excluding hydrogens is 652 g/mol. The van der Waals surface area contributed by atoms with Crippen LogP contribution in [0.25, 0.3) is 0 Å². The molecule has 0 aromatic heterocycles. The van der Waals surface area contributed by atoms with E-state index in [4.69, 9.17) is 9.47 Å². The zero-order chi connectivity index (χ0) is 35.5. The van der Waals surface area contributed by atoms with Crippen molar-refractivity contribution in [3.05, 3.63) is 137 Å². The predicted octanol–water partition coefficient (Wildman–Crippen LogP) is 4.89. The maximum absolute atomic E-state index is 12.0. The molecule has 0 aliphatic rings. The highest BCUT2D eigenvalue weighted by molar-refractivity contribution is 5.97. The van der Waals surface area contributed by atoms with E-state index < -0.39 is 60.7 Å². The normalized spacial score (nSPS) is 10.8. The second kappa shape index (κ2) is 15.6. The average molecular weight is 673 g/mol. The van der Waals surface area contributed by atoms with Gasteiger partial charge in [-0.15, -0.1) is 0 Å². The third-order valence-corrected chi connectivity index (χ3v) is 6.04. The van der Waals surface area contributed by atoms with Crippen molar-refractivity contribution in [2.45, 2.75) is 6.42 Å². The van der Waals surface area contributed by atoms with Crippen LogP contribution in [0.1, 0.15) is 17.5 Å². The van der Waals surface area contributed by atoms with Crippen LogP contribution in [0.3, 0.4) is 0 Å². The van der Waals surface area contributed by atoms with E-state index in [0.29, 0.717) is 11.1 Å². The van der Waals surface area contributed by atoms with Crippen molar-refractivity contribution >= 4 is 47.0 Å². The number of hydrogen-bond acceptors (Lipinski definition) is 14. The summed E-state index contributed by atoms with van der Waals surface area (Å²) in [4.78, 5) is 65.3. The summed E-state index contributed by atoms with van der Waals surface area (Å²) >= 11 is 0. The highest BCUT2D eigenvalue weighted by Crippen LogP contribution is 2.35. The average Bonchev–Trinajstić information content (AvgIpc) is 3.06. The van der Waals surface area contributed by atoms with Crippen LogP contribution in [-0.4, -0.2) is 43.9 Å². The smallest absolute Gasteiger partial charge is 0.318 e. The SMILES string of the molecule is O=C(CC(=O)NN=Cc1ccc(Oc2ccc([N+](=O)[O-])cc2[N+](=O)[O-])cc1)NN=Cc1ccc(Oc2ccc([N+](=O)[O-])cc2[N+](=O)[O-])cc1. The molecule has 0 aliphatic heterocycles. The van der Waals surface area contributed by atoms with Gasteiger partial charge >= 0.3 is 11.4 Å². The van der Waals surface area contributed by atoms with Crippen LogP contribution >= 0.6 is 0 Å². The van der Waals surface area contributed by atoms with Crippen molar-refractivity contribution in [3.63, 3.8) is 0 Å². The minimum Gasteiger partial charge on any atom is -0.450 e. The highest BCUT2D eigenvalue weighted by Gasteiger charge is 2.22. The fourth-order valence-electron chi connectivity index (χ4n) is 3.78. The van der Waals surface area contributed by atoms with Crippen molar-refractivity contribution in [2.24, 2.45) is 10.2 Å². The molecule has 4 aromatic carbocycles. The standard InChI is InChI=1S/C29H20N8O12/c38-28(32-30-16-18-1-7-22(8-2-18)48-26-11-5-20(34(40)41)13-24(26)36(44)45)15-29(39)33-31-17-19-3-9-23(10-4-19)49-27-12-6-21(35(42)43)14-25(27)37(46)47/h1-14,16-17H,15H2,(H,32,38)(H,33,39). The molecule has 4 aromatic rings. The number of hydrazone groups is 2. The fourth-order valence-corrected chi connectivity index (χ4v) is 3.78. The maximum Gasteiger partial charge on any atom is 0.318 e. The Labute approximate surface area is 272 Å². The molecule has 0 unspecified atom stereocenters. The lowest BCUT2D eigenvalue weighted by molar-refractivity contribution is -0.394. The van der Waals surface area contributed by atoms with Gasteiger partial charge in [0.05, 0.1) is 44.3 Å². The number of nitrogens with one attached hydrogen (secondary N) is 2. The molecule has 20 nitrogen and oxygen atoms in total. The Morgan fingerprint density at radius 2 is 0.939 bits per heavy atom. The van der Waals surface area contributed by atoms with Gasteiger partial charge < -0.3 is 9.47 Å². The molecule has 0 aliphatic carbocycles. The number of carbonyl (C=O) groups excluding carboxylic acids is 2. The Morgan fingerprint density at radius 1 is 0.571 bits per heavy atom. The molecule has 248 valence electrons. The van der Waals surface area contributed by atoms with E-state index in [1.165, 1.54) is 61.0 Å². The summed E-state index contributed by atoms with van der Waals surface area (Å²) in [5.41, 5.74) is 3.22. The number of benzene rings is 4. The quantitative estimate of drug-likeness (QED) is 0.0783. The van der Waals surface area contributed by atoms with E-state index >= 15 is 0 Å². The first-order valence-electron chi connectivity index (χ1n) is 13.4. The molecule has 0 saturated heterocycles. The molecule has 0 saturated carbocycles. The zero-order valence-corrected chi connectivity index (χ0v) is 24.5. The molecule has 0 spiro atoms. The van der Waals surface area contributed by atoms with Crippen molar-refractivity contribution < 1.29 is 38.8 Å². The summed E-state index contributed by atoms with van der Waals surface area (Å²) in [6.07, 6.45) is 1.91. The molecule has 0 atom stereocenters. The lowest BCUT2D eigenvalue weighted by Gasteiger charge is -2.06. The number of nitrogens with zero attached hydrogens (tertiary/aromatic N) is 6. The van der Waals surface area contributed by atoms with Crippen LogP contribution < -0.4 is 20.3 Å². The maximum atomic E-state index is 12.0. The van der Waals surface area contributed by atoms with E-state index in [0.717, 1.165) is 36.4 Å². The highest BCUT2D eigenvalue weighted by atomic mass is 16.6. The van der Waals surface area contributed by atoms with Gasteiger partial charge in [0.25, 0.3) is 11.4 Å². The van der Waals surface area contributed by atoms with Crippen molar-refractivity contribution in [2.75, 3.05) is 0 Å². The van der Waals surface area contributed by atoms with E-state index in [1.807, 2.05) is 0 Å². The largest absolute Gasteiger partial charge is 0.450 e. The van der Waals surface area contributed by atoms with Crippen LogP contribution in [0.15, 0.2) is 95.1 Å². The Morgan fingerprint density at radius 3 is 1.27 bits per heavy atom. The molecule has 0 bridgehead atoms. The summed E-state index contributed by atoms with van der Waals surface area (Å²) in [6.45, 7) is 0. The summed E-state index contributed by atoms with van der Waals surface area (Å²) < 4.78 is 11.0. The molecule has 20 heteroatoms. The summed E-state index contributed by atoms with van der Waals surface area (Å²) in [5, 5.41) is 51.8. The zero-order valence-electron chi connectivity index (χ0n) is 24.5. The van der Waals surface area contributed by atoms with Crippen LogP contribution in [0, 0.1) is 40.5 Å². The van der Waals surface area contributed by atoms with E-state index in [2.05, 4.69) is 21.1 Å². The lowest BCUT2D eigenvalue weighted by atomic mass is 10.2. The number of amides is 2. The van der Waals surface area contributed by atoms with Crippen LogP contribution in [0.2, 0.25) is 0 Å². The number of rotatable bonds is 14. The minimum atomic E-state index is -0.804. The van der Waals surface area contributed by atoms with Crippen molar-refractivity contribution in [1.82, 2.24) is 10.9 Å². The third kappa shape index (κ3) is 9.67. The van der Waals surface area contributed by atoms with Crippen molar-refractivity contribution in [1.29, 1.82) is 0 Å². The first kappa shape index (κ1) is 34.2. The monoisotopic (exact) mass is 672 g/mol. The van der Waals surface area contributed by atoms with Gasteiger partial charge in [-0.25, -0.2) is 10.9 Å². The summed E-state index contributed by atoms with van der Waals surface area (Å²) in [5.74, 6) is -1.54. The van der Waals surface area contributed by atoms with Crippen LogP contribution in [-0.2, 0) is 9.59 Å². The number of nitro benzene ring substituents is 4. The van der Waals surface area contributed by atoms with E-state index in [1.54, 1.807) is 0 Å². The van der Waals surface area contributed by atoms with Gasteiger partial charge in [-0.05, 0) is 71.8 Å². The van der Waals surface area contributed by atoms with Crippen LogP contribution in [0.5, 0.6) is 23.0 Å². The van der Waals surface area contributed by atoms with Crippen molar-refractivity contribution in [3.8, 4) is 23.0 Å². The molecule has 2 amide bonds. The first-order valence-corrected chi connectivity index (χ1v) is 13.4. The van der Waals surface area contributed by atoms with Crippen LogP contribution in [0.4, 0.5) is 22.7 Å². The topological polar surface area (TPSA) is 274 Å². The van der Waals surface area contributed by atoms with Gasteiger partial charge in [0.1, 0.15) is 17.9 Å². The van der Waals surface area contributed by atoms with Gasteiger partial charge in [0, 0.05) is 12.1 Å². The molecule has 0 radical (unpaired) electrons. The number of carbonyl (C=O) groups is 2. The Balaban J connectivity index is 1.23. The fraction of sp³-hybridized carbons (Fsp3) is 0.0345. The molecule has 2 N–H and O–H groups in total. The van der Waals surface area contributed by atoms with Gasteiger partial charge in [-0.3, -0.25) is 50.0 Å². The Hall–Kier alpha value is -7.64. The van der Waals surface area contributed by atoms with Gasteiger partial charge in [-0.2, -0.15) is 10.2 Å². The number of non-ortho nitro benzene ring substituents is 2. The lowest BCUT2D eigenvalue weighted by Crippen LogP contribution is -2.27.